The van der Waals surface area contributed by atoms with E-state index in [0.717, 1.165) is 0 Å². The van der Waals surface area contributed by atoms with Crippen molar-refractivity contribution in [3.05, 3.63) is 11.5 Å². The second-order valence-electron chi connectivity index (χ2n) is 2.94. The second-order valence-corrected chi connectivity index (χ2v) is 4.56. The number of aryl methyl sites for hydroxylation is 2. The normalized spacial score (nSPS) is 11.4. The molecule has 0 fully saturated rings. The Hall–Kier alpha value is -1.41. The Morgan fingerprint density at radius 2 is 2.00 bits per heavy atom. The Balaban J connectivity index is 3.01. The average molecular weight is 233 g/mol. The van der Waals surface area contributed by atoms with Crippen molar-refractivity contribution in [1.29, 1.82) is 0 Å². The highest BCUT2D eigenvalue weighted by atomic mass is 32.2. The summed E-state index contributed by atoms with van der Waals surface area (Å²) in [6, 6.07) is 0. The second kappa shape index (κ2) is 3.99. The molecule has 0 unspecified atom stereocenters. The molecular formula is C7H11N3O4S. The van der Waals surface area contributed by atoms with Crippen LogP contribution in [0.2, 0.25) is 0 Å². The van der Waals surface area contributed by atoms with Gasteiger partial charge in [-0.15, -0.1) is 4.83 Å². The Labute approximate surface area is 86.8 Å². The van der Waals surface area contributed by atoms with Crippen LogP contribution in [0.15, 0.2) is 9.42 Å². The van der Waals surface area contributed by atoms with Crippen molar-refractivity contribution in [2.45, 2.75) is 25.7 Å². The van der Waals surface area contributed by atoms with Crippen molar-refractivity contribution in [3.63, 3.8) is 0 Å². The van der Waals surface area contributed by atoms with Gasteiger partial charge in [-0.05, 0) is 13.8 Å². The highest BCUT2D eigenvalue weighted by Gasteiger charge is 2.23. The third-order valence-electron chi connectivity index (χ3n) is 1.60. The summed E-state index contributed by atoms with van der Waals surface area (Å²) in [5.41, 5.74) is 2.22. The van der Waals surface area contributed by atoms with E-state index in [2.05, 4.69) is 5.16 Å². The molecule has 0 atom stereocenters. The summed E-state index contributed by atoms with van der Waals surface area (Å²) >= 11 is 0. The number of hydrogen-bond acceptors (Lipinski definition) is 5. The van der Waals surface area contributed by atoms with Crippen molar-refractivity contribution in [3.8, 4) is 0 Å². The molecule has 0 aromatic carbocycles. The molecule has 0 bridgehead atoms. The van der Waals surface area contributed by atoms with Crippen LogP contribution in [0, 0.1) is 13.8 Å². The van der Waals surface area contributed by atoms with Gasteiger partial charge in [0, 0.05) is 6.92 Å². The molecule has 0 aliphatic rings. The van der Waals surface area contributed by atoms with Crippen LogP contribution in [0.1, 0.15) is 18.4 Å². The van der Waals surface area contributed by atoms with Crippen LogP contribution in [-0.4, -0.2) is 19.5 Å². The lowest BCUT2D eigenvalue weighted by Gasteiger charge is -2.05. The monoisotopic (exact) mass is 233 g/mol. The van der Waals surface area contributed by atoms with Gasteiger partial charge in [0.1, 0.15) is 10.6 Å². The first kappa shape index (κ1) is 11.7. The number of amides is 1. The van der Waals surface area contributed by atoms with Gasteiger partial charge in [-0.3, -0.25) is 10.2 Å². The fraction of sp³-hybridized carbons (Fsp3) is 0.429. The molecule has 0 spiro atoms. The Morgan fingerprint density at radius 1 is 1.40 bits per heavy atom. The lowest BCUT2D eigenvalue weighted by Crippen LogP contribution is -2.40. The van der Waals surface area contributed by atoms with Crippen LogP contribution in [0.4, 0.5) is 0 Å². The first-order chi connectivity index (χ1) is 6.84. The number of carbonyl (C=O) groups is 1. The van der Waals surface area contributed by atoms with E-state index in [1.165, 1.54) is 20.8 Å². The van der Waals surface area contributed by atoms with Crippen LogP contribution in [-0.2, 0) is 14.8 Å². The molecular weight excluding hydrogens is 222 g/mol. The zero-order chi connectivity index (χ0) is 11.6. The highest BCUT2D eigenvalue weighted by molar-refractivity contribution is 7.89. The number of nitrogens with zero attached hydrogens (tertiary/aromatic N) is 1. The Kier molecular flexibility index (Phi) is 3.10. The summed E-state index contributed by atoms with van der Waals surface area (Å²) in [7, 11) is -3.81. The minimum atomic E-state index is -3.81. The molecule has 7 nitrogen and oxygen atoms in total. The SMILES string of the molecule is CC(=O)NNS(=O)(=O)c1c(C)noc1C. The molecule has 0 aliphatic heterocycles. The van der Waals surface area contributed by atoms with Crippen LogP contribution >= 0.6 is 0 Å². The van der Waals surface area contributed by atoms with Crippen LogP contribution in [0.5, 0.6) is 0 Å². The standard InChI is InChI=1S/C7H11N3O4S/c1-4-7(5(2)14-9-4)15(12,13)10-8-6(3)11/h10H,1-3H3,(H,8,11). The molecule has 0 aliphatic carbocycles. The van der Waals surface area contributed by atoms with Crippen molar-refractivity contribution in [1.82, 2.24) is 15.4 Å². The fourth-order valence-corrected chi connectivity index (χ4v) is 2.27. The van der Waals surface area contributed by atoms with Gasteiger partial charge in [0.25, 0.3) is 10.0 Å². The summed E-state index contributed by atoms with van der Waals surface area (Å²) in [6.07, 6.45) is 0. The van der Waals surface area contributed by atoms with Gasteiger partial charge in [-0.1, -0.05) is 5.16 Å². The minimum absolute atomic E-state index is 0.0590. The van der Waals surface area contributed by atoms with Gasteiger partial charge < -0.3 is 4.52 Å². The Morgan fingerprint density at radius 3 is 2.40 bits per heavy atom. The zero-order valence-electron chi connectivity index (χ0n) is 8.49. The highest BCUT2D eigenvalue weighted by Crippen LogP contribution is 2.17. The number of sulfonamides is 1. The molecule has 0 saturated heterocycles. The van der Waals surface area contributed by atoms with Crippen molar-refractivity contribution < 1.29 is 17.7 Å². The maximum atomic E-state index is 11.6. The molecule has 1 heterocycles. The van der Waals surface area contributed by atoms with Gasteiger partial charge >= 0.3 is 0 Å². The van der Waals surface area contributed by atoms with E-state index >= 15 is 0 Å². The summed E-state index contributed by atoms with van der Waals surface area (Å²) < 4.78 is 27.9. The zero-order valence-corrected chi connectivity index (χ0v) is 9.30. The van der Waals surface area contributed by atoms with E-state index in [1.807, 2.05) is 10.3 Å². The predicted molar refractivity (Wildman–Crippen MR) is 50.1 cm³/mol. The summed E-state index contributed by atoms with van der Waals surface area (Å²) in [5.74, 6) is -0.337. The molecule has 1 amide bonds. The van der Waals surface area contributed by atoms with E-state index in [4.69, 9.17) is 4.52 Å². The fourth-order valence-electron chi connectivity index (χ4n) is 1.05. The molecule has 2 N–H and O–H groups in total. The van der Waals surface area contributed by atoms with Crippen LogP contribution in [0.25, 0.3) is 0 Å². The van der Waals surface area contributed by atoms with E-state index in [0.29, 0.717) is 0 Å². The molecule has 0 saturated carbocycles. The summed E-state index contributed by atoms with van der Waals surface area (Å²) in [6.45, 7) is 4.16. The number of hydrazine groups is 1. The summed E-state index contributed by atoms with van der Waals surface area (Å²) in [4.78, 5) is 12.4. The molecule has 1 rings (SSSR count). The van der Waals surface area contributed by atoms with E-state index in [-0.39, 0.29) is 16.3 Å². The lowest BCUT2D eigenvalue weighted by atomic mass is 10.4. The number of rotatable bonds is 3. The quantitative estimate of drug-likeness (QED) is 0.693. The van der Waals surface area contributed by atoms with E-state index in [1.54, 1.807) is 0 Å². The number of nitrogens with one attached hydrogen (secondary N) is 2. The predicted octanol–water partition coefficient (Wildman–Crippen LogP) is -0.379. The Bertz CT molecular complexity index is 457. The minimum Gasteiger partial charge on any atom is -0.360 e. The van der Waals surface area contributed by atoms with Gasteiger partial charge in [-0.25, -0.2) is 8.42 Å². The lowest BCUT2D eigenvalue weighted by molar-refractivity contribution is -0.119. The van der Waals surface area contributed by atoms with Crippen LogP contribution in [0.3, 0.4) is 0 Å². The number of carbonyl (C=O) groups excluding carboxylic acids is 1. The van der Waals surface area contributed by atoms with E-state index < -0.39 is 15.9 Å². The first-order valence-corrected chi connectivity index (χ1v) is 5.54. The smallest absolute Gasteiger partial charge is 0.262 e. The topological polar surface area (TPSA) is 101 Å². The summed E-state index contributed by atoms with van der Waals surface area (Å²) in [5, 5.41) is 3.50. The van der Waals surface area contributed by atoms with Gasteiger partial charge in [0.2, 0.25) is 5.91 Å². The van der Waals surface area contributed by atoms with E-state index in [9.17, 15) is 13.2 Å². The largest absolute Gasteiger partial charge is 0.360 e. The van der Waals surface area contributed by atoms with Crippen molar-refractivity contribution in [2.75, 3.05) is 0 Å². The average Bonchev–Trinajstić information content (AvgIpc) is 2.43. The molecule has 1 aromatic rings. The van der Waals surface area contributed by atoms with Crippen LogP contribution < -0.4 is 10.3 Å². The third kappa shape index (κ3) is 2.54. The van der Waals surface area contributed by atoms with Gasteiger partial charge in [-0.2, -0.15) is 0 Å². The number of hydrogen-bond donors (Lipinski definition) is 2. The molecule has 0 radical (unpaired) electrons. The maximum absolute atomic E-state index is 11.6. The molecule has 1 aromatic heterocycles. The maximum Gasteiger partial charge on any atom is 0.262 e. The third-order valence-corrected chi connectivity index (χ3v) is 3.09. The van der Waals surface area contributed by atoms with Crippen molar-refractivity contribution in [2.24, 2.45) is 0 Å². The molecule has 8 heteroatoms. The van der Waals surface area contributed by atoms with Gasteiger partial charge in [0.05, 0.1) is 0 Å². The first-order valence-electron chi connectivity index (χ1n) is 4.06. The molecule has 15 heavy (non-hydrogen) atoms. The van der Waals surface area contributed by atoms with Crippen molar-refractivity contribution >= 4 is 15.9 Å². The van der Waals surface area contributed by atoms with Gasteiger partial charge in [0.15, 0.2) is 5.76 Å². The molecule has 84 valence electrons. The number of aromatic nitrogens is 1.